The standard InChI is InChI=1S/C12H15N3O2S/c13-11(15-17)5-6-14-12(16)10-7-8-3-1-2-4-9(8)18-10/h1-4,10,17H,5-7H2,(H2,13,15)(H,14,16). The quantitative estimate of drug-likeness (QED) is 0.327. The average molecular weight is 265 g/mol. The molecule has 1 aliphatic rings. The first kappa shape index (κ1) is 12.8. The van der Waals surface area contributed by atoms with Crippen LogP contribution in [0.25, 0.3) is 0 Å². The van der Waals surface area contributed by atoms with Crippen molar-refractivity contribution in [3.8, 4) is 0 Å². The van der Waals surface area contributed by atoms with Crippen LogP contribution in [0.15, 0.2) is 34.3 Å². The molecule has 1 amide bonds. The molecule has 96 valence electrons. The highest BCUT2D eigenvalue weighted by atomic mass is 32.2. The van der Waals surface area contributed by atoms with E-state index in [0.717, 1.165) is 6.42 Å². The Labute approximate surface area is 109 Å². The topological polar surface area (TPSA) is 87.7 Å². The molecule has 4 N–H and O–H groups in total. The van der Waals surface area contributed by atoms with Crippen LogP contribution >= 0.6 is 11.8 Å². The van der Waals surface area contributed by atoms with Crippen molar-refractivity contribution in [1.82, 2.24) is 5.32 Å². The minimum Gasteiger partial charge on any atom is -0.409 e. The molecule has 1 atom stereocenters. The second kappa shape index (κ2) is 5.77. The fraction of sp³-hybridized carbons (Fsp3) is 0.333. The molecular formula is C12H15N3O2S. The summed E-state index contributed by atoms with van der Waals surface area (Å²) >= 11 is 1.59. The van der Waals surface area contributed by atoms with Gasteiger partial charge in [0.15, 0.2) is 0 Å². The van der Waals surface area contributed by atoms with Crippen LogP contribution in [0.2, 0.25) is 0 Å². The molecule has 1 unspecified atom stereocenters. The van der Waals surface area contributed by atoms with E-state index >= 15 is 0 Å². The summed E-state index contributed by atoms with van der Waals surface area (Å²) in [4.78, 5) is 13.1. The van der Waals surface area contributed by atoms with Gasteiger partial charge in [0.05, 0.1) is 5.25 Å². The lowest BCUT2D eigenvalue weighted by molar-refractivity contribution is -0.120. The zero-order chi connectivity index (χ0) is 13.0. The third-order valence-corrected chi connectivity index (χ3v) is 4.07. The van der Waals surface area contributed by atoms with Gasteiger partial charge >= 0.3 is 0 Å². The van der Waals surface area contributed by atoms with Crippen LogP contribution < -0.4 is 11.1 Å². The zero-order valence-corrected chi connectivity index (χ0v) is 10.6. The van der Waals surface area contributed by atoms with Crippen molar-refractivity contribution in [2.24, 2.45) is 10.9 Å². The number of rotatable bonds is 4. The minimum atomic E-state index is -0.0744. The molecule has 1 aromatic carbocycles. The number of carbonyl (C=O) groups is 1. The molecule has 0 saturated carbocycles. The first-order chi connectivity index (χ1) is 8.70. The van der Waals surface area contributed by atoms with Crippen LogP contribution in [0.3, 0.4) is 0 Å². The van der Waals surface area contributed by atoms with Gasteiger partial charge < -0.3 is 16.3 Å². The van der Waals surface area contributed by atoms with Crippen molar-refractivity contribution < 1.29 is 10.0 Å². The largest absolute Gasteiger partial charge is 0.409 e. The third-order valence-electron chi connectivity index (χ3n) is 2.75. The van der Waals surface area contributed by atoms with E-state index in [-0.39, 0.29) is 17.0 Å². The van der Waals surface area contributed by atoms with E-state index in [1.165, 1.54) is 10.5 Å². The first-order valence-electron chi connectivity index (χ1n) is 5.69. The molecule has 5 nitrogen and oxygen atoms in total. The van der Waals surface area contributed by atoms with E-state index in [9.17, 15) is 4.79 Å². The number of oxime groups is 1. The number of fused-ring (bicyclic) bond motifs is 1. The van der Waals surface area contributed by atoms with E-state index in [1.807, 2.05) is 24.3 Å². The molecule has 0 saturated heterocycles. The van der Waals surface area contributed by atoms with Crippen LogP contribution in [0, 0.1) is 0 Å². The Balaban J connectivity index is 1.82. The summed E-state index contributed by atoms with van der Waals surface area (Å²) in [6.45, 7) is 0.391. The number of nitrogens with two attached hydrogens (primary N) is 1. The van der Waals surface area contributed by atoms with Gasteiger partial charge in [0.25, 0.3) is 0 Å². The van der Waals surface area contributed by atoms with Gasteiger partial charge in [-0.2, -0.15) is 0 Å². The van der Waals surface area contributed by atoms with Gasteiger partial charge in [-0.3, -0.25) is 4.79 Å². The molecule has 0 radical (unpaired) electrons. The van der Waals surface area contributed by atoms with Gasteiger partial charge in [-0.1, -0.05) is 23.4 Å². The fourth-order valence-electron chi connectivity index (χ4n) is 1.81. The number of hydrogen-bond acceptors (Lipinski definition) is 4. The molecule has 1 aromatic rings. The number of amides is 1. The van der Waals surface area contributed by atoms with Crippen molar-refractivity contribution in [2.45, 2.75) is 23.0 Å². The Hall–Kier alpha value is -1.69. The smallest absolute Gasteiger partial charge is 0.233 e. The van der Waals surface area contributed by atoms with Gasteiger partial charge in [0.2, 0.25) is 5.91 Å². The monoisotopic (exact) mass is 265 g/mol. The van der Waals surface area contributed by atoms with E-state index in [2.05, 4.69) is 10.5 Å². The summed E-state index contributed by atoms with van der Waals surface area (Å²) in [7, 11) is 0. The number of hydrogen-bond donors (Lipinski definition) is 3. The van der Waals surface area contributed by atoms with Crippen molar-refractivity contribution in [1.29, 1.82) is 0 Å². The summed E-state index contributed by atoms with van der Waals surface area (Å²) in [5.74, 6) is 0.125. The number of benzene rings is 1. The van der Waals surface area contributed by atoms with Crippen molar-refractivity contribution in [3.63, 3.8) is 0 Å². The highest BCUT2D eigenvalue weighted by molar-refractivity contribution is 8.01. The van der Waals surface area contributed by atoms with Gasteiger partial charge in [0.1, 0.15) is 5.84 Å². The molecule has 0 fully saturated rings. The maximum atomic E-state index is 11.9. The number of amidine groups is 1. The van der Waals surface area contributed by atoms with Crippen LogP contribution in [0.5, 0.6) is 0 Å². The van der Waals surface area contributed by atoms with Crippen LogP contribution in [0.4, 0.5) is 0 Å². The Morgan fingerprint density at radius 1 is 1.56 bits per heavy atom. The Bertz CT molecular complexity index is 451. The highest BCUT2D eigenvalue weighted by Crippen LogP contribution is 2.36. The van der Waals surface area contributed by atoms with Gasteiger partial charge in [-0.15, -0.1) is 11.8 Å². The predicted octanol–water partition coefficient (Wildman–Crippen LogP) is 0.956. The third kappa shape index (κ3) is 2.95. The van der Waals surface area contributed by atoms with Gasteiger partial charge in [-0.25, -0.2) is 0 Å². The minimum absolute atomic E-state index is 0.00180. The number of nitrogens with one attached hydrogen (secondary N) is 1. The lowest BCUT2D eigenvalue weighted by Crippen LogP contribution is -2.34. The molecule has 0 aliphatic carbocycles. The summed E-state index contributed by atoms with van der Waals surface area (Å²) in [5, 5.41) is 13.9. The maximum absolute atomic E-state index is 11.9. The number of nitrogens with zero attached hydrogens (tertiary/aromatic N) is 1. The van der Waals surface area contributed by atoms with E-state index in [4.69, 9.17) is 10.9 Å². The van der Waals surface area contributed by atoms with Crippen molar-refractivity contribution >= 4 is 23.5 Å². The maximum Gasteiger partial charge on any atom is 0.233 e. The average Bonchev–Trinajstić information content (AvgIpc) is 2.82. The van der Waals surface area contributed by atoms with Crippen LogP contribution in [0.1, 0.15) is 12.0 Å². The normalized spacial score (nSPS) is 18.4. The molecule has 18 heavy (non-hydrogen) atoms. The van der Waals surface area contributed by atoms with Crippen molar-refractivity contribution in [3.05, 3.63) is 29.8 Å². The fourth-order valence-corrected chi connectivity index (χ4v) is 3.03. The molecular weight excluding hydrogens is 250 g/mol. The molecule has 0 spiro atoms. The number of thioether (sulfide) groups is 1. The SMILES string of the molecule is NC(CCNC(=O)C1Cc2ccccc2S1)=NO. The summed E-state index contributed by atoms with van der Waals surface area (Å²) in [6.07, 6.45) is 1.11. The summed E-state index contributed by atoms with van der Waals surface area (Å²) in [6, 6.07) is 8.04. The highest BCUT2D eigenvalue weighted by Gasteiger charge is 2.27. The Kier molecular flexibility index (Phi) is 4.09. The predicted molar refractivity (Wildman–Crippen MR) is 70.8 cm³/mol. The van der Waals surface area contributed by atoms with Crippen LogP contribution in [-0.4, -0.2) is 28.7 Å². The second-order valence-corrected chi connectivity index (χ2v) is 5.30. The van der Waals surface area contributed by atoms with Crippen molar-refractivity contribution in [2.75, 3.05) is 6.54 Å². The summed E-state index contributed by atoms with van der Waals surface area (Å²) < 4.78 is 0. The van der Waals surface area contributed by atoms with E-state index in [0.29, 0.717) is 13.0 Å². The molecule has 2 rings (SSSR count). The molecule has 1 aliphatic heterocycles. The molecule has 0 bridgehead atoms. The number of carbonyl (C=O) groups excluding carboxylic acids is 1. The first-order valence-corrected chi connectivity index (χ1v) is 6.57. The molecule has 0 aromatic heterocycles. The Morgan fingerprint density at radius 3 is 3.06 bits per heavy atom. The second-order valence-electron chi connectivity index (χ2n) is 4.05. The molecule has 1 heterocycles. The zero-order valence-electron chi connectivity index (χ0n) is 9.80. The summed E-state index contributed by atoms with van der Waals surface area (Å²) in [5.41, 5.74) is 6.55. The van der Waals surface area contributed by atoms with Gasteiger partial charge in [-0.05, 0) is 18.1 Å². The van der Waals surface area contributed by atoms with E-state index < -0.39 is 0 Å². The molecule has 6 heteroatoms. The Morgan fingerprint density at radius 2 is 2.33 bits per heavy atom. The van der Waals surface area contributed by atoms with Gasteiger partial charge in [0, 0.05) is 17.9 Å². The lowest BCUT2D eigenvalue weighted by Gasteiger charge is -2.09. The van der Waals surface area contributed by atoms with E-state index in [1.54, 1.807) is 11.8 Å². The van der Waals surface area contributed by atoms with Crippen LogP contribution in [-0.2, 0) is 11.2 Å². The lowest BCUT2D eigenvalue weighted by atomic mass is 10.1.